The predicted octanol–water partition coefficient (Wildman–Crippen LogP) is 1.61. The van der Waals surface area contributed by atoms with E-state index in [1.807, 2.05) is 0 Å². The number of hydrogen-bond donors (Lipinski definition) is 1. The van der Waals surface area contributed by atoms with Crippen LogP contribution in [0, 0.1) is 5.92 Å². The highest BCUT2D eigenvalue weighted by Crippen LogP contribution is 2.50. The van der Waals surface area contributed by atoms with Crippen LogP contribution in [0.15, 0.2) is 24.0 Å². The molecule has 0 bridgehead atoms. The lowest BCUT2D eigenvalue weighted by Gasteiger charge is -2.45. The third kappa shape index (κ3) is 1.55. The van der Waals surface area contributed by atoms with E-state index in [1.165, 1.54) is 11.1 Å². The van der Waals surface area contributed by atoms with Gasteiger partial charge in [0.2, 0.25) is 6.79 Å². The smallest absolute Gasteiger partial charge is 0.231 e. The molecule has 1 aliphatic carbocycles. The molecule has 4 atom stereocenters. The van der Waals surface area contributed by atoms with Crippen molar-refractivity contribution in [2.45, 2.75) is 31.0 Å². The van der Waals surface area contributed by atoms with E-state index in [0.717, 1.165) is 31.0 Å². The third-order valence-electron chi connectivity index (χ3n) is 5.59. The minimum Gasteiger partial charge on any atom is -0.499 e. The van der Waals surface area contributed by atoms with Crippen molar-refractivity contribution < 1.29 is 19.3 Å². The van der Waals surface area contributed by atoms with Crippen LogP contribution in [0.3, 0.4) is 0 Å². The van der Waals surface area contributed by atoms with Crippen molar-refractivity contribution in [2.24, 2.45) is 5.92 Å². The minimum absolute atomic E-state index is 0.0469. The first-order chi connectivity index (χ1) is 10.8. The molecule has 1 aromatic carbocycles. The Bertz CT molecular complexity index is 671. The van der Waals surface area contributed by atoms with Gasteiger partial charge in [0.15, 0.2) is 11.5 Å². The summed E-state index contributed by atoms with van der Waals surface area (Å²) in [6, 6.07) is 4.51. The average Bonchev–Trinajstić information content (AvgIpc) is 3.14. The second kappa shape index (κ2) is 4.40. The van der Waals surface area contributed by atoms with Crippen molar-refractivity contribution in [3.05, 3.63) is 35.1 Å². The molecule has 4 aliphatic rings. The Kier molecular flexibility index (Phi) is 2.56. The van der Waals surface area contributed by atoms with Crippen LogP contribution in [0.25, 0.3) is 0 Å². The van der Waals surface area contributed by atoms with Gasteiger partial charge in [-0.15, -0.1) is 0 Å². The van der Waals surface area contributed by atoms with Gasteiger partial charge in [0.05, 0.1) is 7.11 Å². The van der Waals surface area contributed by atoms with Crippen molar-refractivity contribution in [1.82, 2.24) is 4.90 Å². The predicted molar refractivity (Wildman–Crippen MR) is 78.7 cm³/mol. The second-order valence-corrected chi connectivity index (χ2v) is 6.56. The van der Waals surface area contributed by atoms with Crippen LogP contribution in [0.5, 0.6) is 11.5 Å². The van der Waals surface area contributed by atoms with Gasteiger partial charge in [-0.2, -0.15) is 0 Å². The molecule has 0 spiro atoms. The molecule has 1 fully saturated rings. The molecule has 3 aliphatic heterocycles. The number of aliphatic hydroxyl groups is 1. The number of hydrogen-bond acceptors (Lipinski definition) is 5. The van der Waals surface area contributed by atoms with Crippen LogP contribution in [-0.4, -0.2) is 42.6 Å². The molecule has 1 aromatic rings. The van der Waals surface area contributed by atoms with Crippen LogP contribution in [0.4, 0.5) is 0 Å². The van der Waals surface area contributed by atoms with Gasteiger partial charge in [0.25, 0.3) is 0 Å². The first-order valence-corrected chi connectivity index (χ1v) is 7.86. The summed E-state index contributed by atoms with van der Waals surface area (Å²) in [6.07, 6.45) is 2.66. The summed E-state index contributed by atoms with van der Waals surface area (Å²) in [4.78, 5) is 2.49. The maximum absolute atomic E-state index is 10.8. The van der Waals surface area contributed by atoms with Crippen LogP contribution >= 0.6 is 0 Å². The quantitative estimate of drug-likeness (QED) is 0.854. The lowest BCUT2D eigenvalue weighted by atomic mass is 9.72. The topological polar surface area (TPSA) is 51.2 Å². The molecule has 1 N–H and O–H groups in total. The van der Waals surface area contributed by atoms with Gasteiger partial charge in [-0.05, 0) is 48.2 Å². The highest BCUT2D eigenvalue weighted by molar-refractivity contribution is 5.52. The number of nitrogens with zero attached hydrogens (tertiary/aromatic N) is 1. The van der Waals surface area contributed by atoms with E-state index in [4.69, 9.17) is 14.2 Å². The molecule has 22 heavy (non-hydrogen) atoms. The Morgan fingerprint density at radius 1 is 1.27 bits per heavy atom. The molecule has 5 nitrogen and oxygen atoms in total. The molecule has 5 heteroatoms. The van der Waals surface area contributed by atoms with E-state index in [9.17, 15) is 5.11 Å². The van der Waals surface area contributed by atoms with Crippen LogP contribution in [0.2, 0.25) is 0 Å². The van der Waals surface area contributed by atoms with E-state index in [2.05, 4.69) is 23.1 Å². The number of benzene rings is 1. The Labute approximate surface area is 129 Å². The lowest BCUT2D eigenvalue weighted by Crippen LogP contribution is -2.48. The van der Waals surface area contributed by atoms with Gasteiger partial charge in [-0.3, -0.25) is 4.90 Å². The van der Waals surface area contributed by atoms with Gasteiger partial charge in [0.1, 0.15) is 11.9 Å². The van der Waals surface area contributed by atoms with Gasteiger partial charge in [0, 0.05) is 18.5 Å². The zero-order valence-electron chi connectivity index (χ0n) is 12.5. The van der Waals surface area contributed by atoms with Crippen molar-refractivity contribution in [3.8, 4) is 11.5 Å². The summed E-state index contributed by atoms with van der Waals surface area (Å²) in [7, 11) is 1.64. The molecular formula is C17H19NO4. The lowest BCUT2D eigenvalue weighted by molar-refractivity contribution is 0.0413. The number of methoxy groups -OCH3 is 1. The number of aliphatic hydroxyl groups excluding tert-OH is 1. The average molecular weight is 301 g/mol. The summed E-state index contributed by atoms with van der Waals surface area (Å²) < 4.78 is 16.5. The molecule has 0 radical (unpaired) electrons. The molecule has 0 unspecified atom stereocenters. The highest BCUT2D eigenvalue weighted by atomic mass is 16.7. The van der Waals surface area contributed by atoms with Crippen LogP contribution in [0.1, 0.15) is 23.5 Å². The second-order valence-electron chi connectivity index (χ2n) is 6.56. The van der Waals surface area contributed by atoms with E-state index in [-0.39, 0.29) is 12.7 Å². The fourth-order valence-electron chi connectivity index (χ4n) is 4.65. The zero-order valence-corrected chi connectivity index (χ0v) is 12.5. The molecule has 3 heterocycles. The normalized spacial score (nSPS) is 34.9. The molecule has 0 saturated carbocycles. The monoisotopic (exact) mass is 301 g/mol. The van der Waals surface area contributed by atoms with E-state index in [1.54, 1.807) is 7.11 Å². The first kappa shape index (κ1) is 12.8. The van der Waals surface area contributed by atoms with Crippen LogP contribution in [-0.2, 0) is 11.3 Å². The first-order valence-electron chi connectivity index (χ1n) is 7.86. The van der Waals surface area contributed by atoms with Crippen LogP contribution < -0.4 is 9.47 Å². The summed E-state index contributed by atoms with van der Waals surface area (Å²) in [5, 5.41) is 10.8. The number of ether oxygens (including phenoxy) is 3. The zero-order chi connectivity index (χ0) is 14.8. The largest absolute Gasteiger partial charge is 0.499 e. The third-order valence-corrected chi connectivity index (χ3v) is 5.59. The van der Waals surface area contributed by atoms with E-state index >= 15 is 0 Å². The van der Waals surface area contributed by atoms with Crippen molar-refractivity contribution >= 4 is 0 Å². The molecule has 0 amide bonds. The molecule has 116 valence electrons. The maximum Gasteiger partial charge on any atom is 0.231 e. The van der Waals surface area contributed by atoms with Gasteiger partial charge >= 0.3 is 0 Å². The Morgan fingerprint density at radius 3 is 2.91 bits per heavy atom. The molecular weight excluding hydrogens is 282 g/mol. The number of fused-ring (bicyclic) bond motifs is 3. The van der Waals surface area contributed by atoms with Crippen molar-refractivity contribution in [3.63, 3.8) is 0 Å². The van der Waals surface area contributed by atoms with Gasteiger partial charge in [-0.1, -0.05) is 0 Å². The van der Waals surface area contributed by atoms with E-state index in [0.29, 0.717) is 17.7 Å². The summed E-state index contributed by atoms with van der Waals surface area (Å²) >= 11 is 0. The van der Waals surface area contributed by atoms with Gasteiger partial charge in [-0.25, -0.2) is 0 Å². The highest BCUT2D eigenvalue weighted by Gasteiger charge is 2.50. The van der Waals surface area contributed by atoms with Gasteiger partial charge < -0.3 is 19.3 Å². The SMILES string of the molecule is COC1=C[C@@H]2CCN3Cc4cc5c(cc4[C@@H]([C@H]23)[C@@H]1O)OCO5. The summed E-state index contributed by atoms with van der Waals surface area (Å²) in [5.74, 6) is 2.83. The molecule has 5 rings (SSSR count). The van der Waals surface area contributed by atoms with E-state index < -0.39 is 6.10 Å². The Balaban J connectivity index is 1.67. The molecule has 0 aromatic heterocycles. The molecule has 1 saturated heterocycles. The standard InChI is InChI=1S/C17H19NO4/c1-20-14-4-9-2-3-18-7-10-5-12-13(22-8-21-12)6-11(10)15(16(9)18)17(14)19/h4-6,9,15-17,19H,2-3,7-8H2,1H3/t9-,15-,16-,17+/m0/s1. The maximum atomic E-state index is 10.8. The van der Waals surface area contributed by atoms with Crippen molar-refractivity contribution in [2.75, 3.05) is 20.4 Å². The Morgan fingerprint density at radius 2 is 2.09 bits per heavy atom. The Hall–Kier alpha value is -1.72. The summed E-state index contributed by atoms with van der Waals surface area (Å²) in [5.41, 5.74) is 2.43. The summed E-state index contributed by atoms with van der Waals surface area (Å²) in [6.45, 7) is 2.27. The fraction of sp³-hybridized carbons (Fsp3) is 0.529. The fourth-order valence-corrected chi connectivity index (χ4v) is 4.65. The van der Waals surface area contributed by atoms with Crippen molar-refractivity contribution in [1.29, 1.82) is 0 Å². The number of rotatable bonds is 1. The minimum atomic E-state index is -0.591.